The first-order valence-electron chi connectivity index (χ1n) is 8.93. The van der Waals surface area contributed by atoms with Gasteiger partial charge >= 0.3 is 6.03 Å². The Morgan fingerprint density at radius 3 is 2.32 bits per heavy atom. The van der Waals surface area contributed by atoms with E-state index < -0.39 is 11.6 Å². The van der Waals surface area contributed by atoms with Gasteiger partial charge in [-0.3, -0.25) is 14.5 Å². The van der Waals surface area contributed by atoms with Gasteiger partial charge in [0.2, 0.25) is 5.91 Å². The molecule has 1 heterocycles. The maximum Gasteiger partial charge on any atom is 0.325 e. The van der Waals surface area contributed by atoms with Crippen LogP contribution >= 0.6 is 0 Å². The lowest BCUT2D eigenvalue weighted by molar-refractivity contribution is -0.135. The molecule has 2 N–H and O–H groups in total. The summed E-state index contributed by atoms with van der Waals surface area (Å²) < 4.78 is 0. The Morgan fingerprint density at radius 2 is 1.80 bits per heavy atom. The minimum atomic E-state index is -0.862. The number of rotatable bonds is 7. The number of carbonyl (C=O) groups excluding carboxylic acids is 3. The summed E-state index contributed by atoms with van der Waals surface area (Å²) in [5.41, 5.74) is 0.366. The fourth-order valence-electron chi connectivity index (χ4n) is 3.53. The molecule has 0 unspecified atom stereocenters. The van der Waals surface area contributed by atoms with Gasteiger partial charge in [0.25, 0.3) is 5.91 Å². The number of urea groups is 1. The molecule has 0 atom stereocenters. The van der Waals surface area contributed by atoms with Crippen molar-refractivity contribution in [1.82, 2.24) is 15.5 Å². The van der Waals surface area contributed by atoms with Gasteiger partial charge in [-0.25, -0.2) is 4.79 Å². The molecule has 1 saturated carbocycles. The molecule has 2 fully saturated rings. The number of carbonyl (C=O) groups is 3. The second-order valence-electron chi connectivity index (χ2n) is 7.03. The van der Waals surface area contributed by atoms with E-state index in [9.17, 15) is 14.4 Å². The molecule has 1 saturated heterocycles. The highest BCUT2D eigenvalue weighted by Crippen LogP contribution is 2.47. The van der Waals surface area contributed by atoms with E-state index in [1.807, 2.05) is 32.0 Å². The molecule has 1 aromatic carbocycles. The highest BCUT2D eigenvalue weighted by molar-refractivity contribution is 6.08. The predicted molar refractivity (Wildman–Crippen MR) is 93.9 cm³/mol. The van der Waals surface area contributed by atoms with Gasteiger partial charge < -0.3 is 10.6 Å². The van der Waals surface area contributed by atoms with E-state index in [0.29, 0.717) is 19.4 Å². The van der Waals surface area contributed by atoms with E-state index in [1.54, 1.807) is 0 Å². The summed E-state index contributed by atoms with van der Waals surface area (Å²) in [6, 6.07) is 9.65. The van der Waals surface area contributed by atoms with E-state index in [1.165, 1.54) is 5.56 Å². The lowest BCUT2D eigenvalue weighted by atomic mass is 9.93. The Morgan fingerprint density at radius 1 is 1.16 bits per heavy atom. The quantitative estimate of drug-likeness (QED) is 0.743. The monoisotopic (exact) mass is 343 g/mol. The third-order valence-corrected chi connectivity index (χ3v) is 5.62. The molecule has 0 radical (unpaired) electrons. The molecule has 0 bridgehead atoms. The highest BCUT2D eigenvalue weighted by Gasteiger charge is 2.49. The maximum atomic E-state index is 12.5. The fraction of sp³-hybridized carbons (Fsp3) is 0.526. The van der Waals surface area contributed by atoms with Gasteiger partial charge in [0.1, 0.15) is 12.1 Å². The molecule has 2 aliphatic rings. The van der Waals surface area contributed by atoms with Crippen molar-refractivity contribution in [1.29, 1.82) is 0 Å². The Labute approximate surface area is 148 Å². The summed E-state index contributed by atoms with van der Waals surface area (Å²) in [6.45, 7) is 4.04. The summed E-state index contributed by atoms with van der Waals surface area (Å²) in [6.07, 6.45) is 3.11. The second kappa shape index (κ2) is 6.50. The third kappa shape index (κ3) is 3.13. The Hall–Kier alpha value is -2.37. The number of nitrogens with one attached hydrogen (secondary N) is 2. The van der Waals surface area contributed by atoms with Gasteiger partial charge in [0.15, 0.2) is 0 Å². The van der Waals surface area contributed by atoms with Crippen molar-refractivity contribution in [2.75, 3.05) is 13.1 Å². The second-order valence-corrected chi connectivity index (χ2v) is 7.03. The van der Waals surface area contributed by atoms with Crippen LogP contribution in [0.2, 0.25) is 0 Å². The van der Waals surface area contributed by atoms with Crippen molar-refractivity contribution in [3.8, 4) is 0 Å². The van der Waals surface area contributed by atoms with E-state index in [-0.39, 0.29) is 23.8 Å². The van der Waals surface area contributed by atoms with Crippen LogP contribution in [-0.2, 0) is 15.0 Å². The first-order valence-corrected chi connectivity index (χ1v) is 8.93. The average molecular weight is 343 g/mol. The molecule has 3 rings (SSSR count). The van der Waals surface area contributed by atoms with Crippen LogP contribution < -0.4 is 10.6 Å². The van der Waals surface area contributed by atoms with Crippen LogP contribution in [0.15, 0.2) is 30.3 Å². The first-order chi connectivity index (χ1) is 12.0. The van der Waals surface area contributed by atoms with Crippen LogP contribution in [0.1, 0.15) is 45.1 Å². The summed E-state index contributed by atoms with van der Waals surface area (Å²) in [4.78, 5) is 38.0. The Balaban J connectivity index is 1.59. The minimum absolute atomic E-state index is 0.00475. The van der Waals surface area contributed by atoms with E-state index >= 15 is 0 Å². The molecule has 0 spiro atoms. The maximum absolute atomic E-state index is 12.5. The van der Waals surface area contributed by atoms with Crippen LogP contribution in [-0.4, -0.2) is 41.4 Å². The zero-order valence-electron chi connectivity index (χ0n) is 14.8. The van der Waals surface area contributed by atoms with Crippen LogP contribution in [0.25, 0.3) is 0 Å². The van der Waals surface area contributed by atoms with Gasteiger partial charge in [0.05, 0.1) is 0 Å². The number of benzene rings is 1. The van der Waals surface area contributed by atoms with E-state index in [2.05, 4.69) is 22.8 Å². The SMILES string of the molecule is CCC1(CC)NC(=O)N(CC(=O)NCC2(c3ccccc3)CC2)C1=O. The zero-order chi connectivity index (χ0) is 18.1. The van der Waals surface area contributed by atoms with Gasteiger partial charge in [-0.05, 0) is 31.2 Å². The summed E-state index contributed by atoms with van der Waals surface area (Å²) in [7, 11) is 0. The van der Waals surface area contributed by atoms with Gasteiger partial charge in [-0.2, -0.15) is 0 Å². The molecule has 0 aromatic heterocycles. The van der Waals surface area contributed by atoms with Gasteiger partial charge in [-0.1, -0.05) is 44.2 Å². The molecule has 1 aromatic rings. The lowest BCUT2D eigenvalue weighted by Crippen LogP contribution is -2.47. The summed E-state index contributed by atoms with van der Waals surface area (Å²) >= 11 is 0. The smallest absolute Gasteiger partial charge is 0.325 e. The van der Waals surface area contributed by atoms with Crippen LogP contribution in [0.3, 0.4) is 0 Å². The van der Waals surface area contributed by atoms with Crippen molar-refractivity contribution < 1.29 is 14.4 Å². The molecule has 4 amide bonds. The molecule has 134 valence electrons. The number of hydrogen-bond acceptors (Lipinski definition) is 3. The molecule has 25 heavy (non-hydrogen) atoms. The minimum Gasteiger partial charge on any atom is -0.354 e. The van der Waals surface area contributed by atoms with Crippen LogP contribution in [0.4, 0.5) is 4.79 Å². The normalized spacial score (nSPS) is 20.3. The van der Waals surface area contributed by atoms with Crippen molar-refractivity contribution in [3.05, 3.63) is 35.9 Å². The van der Waals surface area contributed by atoms with Gasteiger partial charge in [-0.15, -0.1) is 0 Å². The Bertz CT molecular complexity index is 678. The molecule has 1 aliphatic heterocycles. The number of hydrogen-bond donors (Lipinski definition) is 2. The summed E-state index contributed by atoms with van der Waals surface area (Å²) in [5, 5.41) is 5.64. The van der Waals surface area contributed by atoms with Crippen molar-refractivity contribution in [2.45, 2.75) is 50.5 Å². The predicted octanol–water partition coefficient (Wildman–Crippen LogP) is 1.94. The van der Waals surface area contributed by atoms with E-state index in [0.717, 1.165) is 17.7 Å². The van der Waals surface area contributed by atoms with E-state index in [4.69, 9.17) is 0 Å². The molecular weight excluding hydrogens is 318 g/mol. The average Bonchev–Trinajstić information content (AvgIpc) is 3.39. The topological polar surface area (TPSA) is 78.5 Å². The Kier molecular flexibility index (Phi) is 4.54. The van der Waals surface area contributed by atoms with Gasteiger partial charge in [0, 0.05) is 12.0 Å². The standard InChI is InChI=1S/C19H25N3O3/c1-3-19(4-2)16(24)22(17(25)21-19)12-15(23)20-13-18(10-11-18)14-8-6-5-7-9-14/h5-9H,3-4,10-13H2,1-2H3,(H,20,23)(H,21,25). The molecular formula is C19H25N3O3. The summed E-state index contributed by atoms with van der Waals surface area (Å²) in [5.74, 6) is -0.601. The van der Waals surface area contributed by atoms with Crippen LogP contribution in [0, 0.1) is 0 Å². The largest absolute Gasteiger partial charge is 0.354 e. The molecule has 6 heteroatoms. The first kappa shape index (κ1) is 17.5. The number of imide groups is 1. The zero-order valence-corrected chi connectivity index (χ0v) is 14.8. The van der Waals surface area contributed by atoms with Crippen molar-refractivity contribution in [2.24, 2.45) is 0 Å². The third-order valence-electron chi connectivity index (χ3n) is 5.62. The molecule has 1 aliphatic carbocycles. The van der Waals surface area contributed by atoms with Crippen molar-refractivity contribution >= 4 is 17.8 Å². The highest BCUT2D eigenvalue weighted by atomic mass is 16.2. The van der Waals surface area contributed by atoms with Crippen molar-refractivity contribution in [3.63, 3.8) is 0 Å². The lowest BCUT2D eigenvalue weighted by Gasteiger charge is -2.23. The fourth-order valence-corrected chi connectivity index (χ4v) is 3.53. The number of amides is 4. The number of nitrogens with zero attached hydrogens (tertiary/aromatic N) is 1. The molecule has 6 nitrogen and oxygen atoms in total. The van der Waals surface area contributed by atoms with Crippen LogP contribution in [0.5, 0.6) is 0 Å².